The molecule has 1 unspecified atom stereocenters. The maximum Gasteiger partial charge on any atom is 0.152 e. The molecule has 0 radical (unpaired) electrons. The highest BCUT2D eigenvalue weighted by Gasteiger charge is 2.21. The maximum atomic E-state index is 10.3. The van der Waals surface area contributed by atoms with Gasteiger partial charge in [0, 0.05) is 25.2 Å². The zero-order valence-corrected chi connectivity index (χ0v) is 13.1. The van der Waals surface area contributed by atoms with Crippen LogP contribution in [0.3, 0.4) is 0 Å². The van der Waals surface area contributed by atoms with Gasteiger partial charge in [-0.15, -0.1) is 0 Å². The van der Waals surface area contributed by atoms with E-state index in [-0.39, 0.29) is 0 Å². The maximum absolute atomic E-state index is 10.3. The Balaban J connectivity index is 1.94. The van der Waals surface area contributed by atoms with Crippen LogP contribution in [0.15, 0.2) is 22.7 Å². The molecule has 0 aliphatic carbocycles. The van der Waals surface area contributed by atoms with E-state index in [0.717, 1.165) is 22.8 Å². The van der Waals surface area contributed by atoms with Crippen LogP contribution in [0.25, 0.3) is 11.5 Å². The molecule has 0 aliphatic heterocycles. The Morgan fingerprint density at radius 2 is 2.19 bits per heavy atom. The van der Waals surface area contributed by atoms with Gasteiger partial charge in [0.1, 0.15) is 11.5 Å². The molecule has 0 spiro atoms. The minimum absolute atomic E-state index is 0.507. The summed E-state index contributed by atoms with van der Waals surface area (Å²) < 4.78 is 5.61. The van der Waals surface area contributed by atoms with E-state index in [2.05, 4.69) is 15.5 Å². The predicted octanol–water partition coefficient (Wildman–Crippen LogP) is 1.38. The summed E-state index contributed by atoms with van der Waals surface area (Å²) in [4.78, 5) is 1.97. The fourth-order valence-corrected chi connectivity index (χ4v) is 2.43. The highest BCUT2D eigenvalue weighted by molar-refractivity contribution is 5.56. The van der Waals surface area contributed by atoms with Crippen LogP contribution in [0.4, 0.5) is 0 Å². The summed E-state index contributed by atoms with van der Waals surface area (Å²) in [5.74, 6) is 1.65. The van der Waals surface area contributed by atoms with Gasteiger partial charge in [-0.1, -0.05) is 0 Å². The van der Waals surface area contributed by atoms with Crippen LogP contribution in [0.5, 0.6) is 0 Å². The van der Waals surface area contributed by atoms with Crippen molar-refractivity contribution in [3.8, 4) is 11.5 Å². The standard InChI is InChI=1S/C15H24N4O2/c1-11-5-6-13(21-11)14-12(8-17-18-14)7-16-9-15(2,20)10-19(3)4/h5-6,8,16,20H,7,9-10H2,1-4H3,(H,17,18). The number of hydrogen-bond acceptors (Lipinski definition) is 5. The van der Waals surface area contributed by atoms with Crippen LogP contribution >= 0.6 is 0 Å². The Hall–Kier alpha value is -1.63. The van der Waals surface area contributed by atoms with E-state index in [1.165, 1.54) is 0 Å². The van der Waals surface area contributed by atoms with E-state index in [0.29, 0.717) is 19.6 Å². The normalized spacial score (nSPS) is 14.6. The van der Waals surface area contributed by atoms with E-state index in [1.807, 2.05) is 45.0 Å². The van der Waals surface area contributed by atoms with Gasteiger partial charge in [-0.3, -0.25) is 5.10 Å². The number of aryl methyl sites for hydroxylation is 1. The monoisotopic (exact) mass is 292 g/mol. The number of likely N-dealkylation sites (N-methyl/N-ethyl adjacent to an activating group) is 1. The van der Waals surface area contributed by atoms with Gasteiger partial charge in [-0.2, -0.15) is 5.10 Å². The largest absolute Gasteiger partial charge is 0.460 e. The molecule has 2 aromatic rings. The molecule has 2 aromatic heterocycles. The van der Waals surface area contributed by atoms with Crippen molar-refractivity contribution < 1.29 is 9.52 Å². The van der Waals surface area contributed by atoms with E-state index in [9.17, 15) is 5.11 Å². The Morgan fingerprint density at radius 3 is 2.81 bits per heavy atom. The quantitative estimate of drug-likeness (QED) is 0.718. The van der Waals surface area contributed by atoms with Crippen molar-refractivity contribution in [2.24, 2.45) is 0 Å². The summed E-state index contributed by atoms with van der Waals surface area (Å²) in [7, 11) is 3.89. The number of nitrogens with zero attached hydrogens (tertiary/aromatic N) is 2. The molecule has 0 saturated heterocycles. The van der Waals surface area contributed by atoms with Crippen LogP contribution in [0.1, 0.15) is 18.2 Å². The number of nitrogens with one attached hydrogen (secondary N) is 2. The summed E-state index contributed by atoms with van der Waals surface area (Å²) in [6.45, 7) is 5.47. The van der Waals surface area contributed by atoms with Gasteiger partial charge in [0.05, 0.1) is 11.8 Å². The lowest BCUT2D eigenvalue weighted by Crippen LogP contribution is -2.45. The number of hydrogen-bond donors (Lipinski definition) is 3. The zero-order chi connectivity index (χ0) is 15.5. The van der Waals surface area contributed by atoms with Gasteiger partial charge >= 0.3 is 0 Å². The van der Waals surface area contributed by atoms with Crippen molar-refractivity contribution in [2.45, 2.75) is 26.0 Å². The minimum Gasteiger partial charge on any atom is -0.460 e. The minimum atomic E-state index is -0.769. The number of H-pyrrole nitrogens is 1. The fourth-order valence-electron chi connectivity index (χ4n) is 2.43. The van der Waals surface area contributed by atoms with Gasteiger partial charge in [0.15, 0.2) is 5.76 Å². The molecule has 21 heavy (non-hydrogen) atoms. The molecule has 0 aromatic carbocycles. The van der Waals surface area contributed by atoms with Crippen LogP contribution in [0, 0.1) is 6.92 Å². The molecular weight excluding hydrogens is 268 g/mol. The van der Waals surface area contributed by atoms with E-state index in [1.54, 1.807) is 6.20 Å². The number of aliphatic hydroxyl groups is 1. The SMILES string of the molecule is Cc1ccc(-c2[nH]ncc2CNCC(C)(O)CN(C)C)o1. The Labute approximate surface area is 125 Å². The zero-order valence-electron chi connectivity index (χ0n) is 13.1. The summed E-state index contributed by atoms with van der Waals surface area (Å²) in [6.07, 6.45) is 1.78. The second kappa shape index (κ2) is 6.43. The third-order valence-electron chi connectivity index (χ3n) is 3.18. The molecule has 116 valence electrons. The molecule has 0 fully saturated rings. The molecule has 3 N–H and O–H groups in total. The molecular formula is C15H24N4O2. The highest BCUT2D eigenvalue weighted by Crippen LogP contribution is 2.23. The first-order chi connectivity index (χ1) is 9.87. The Morgan fingerprint density at radius 1 is 1.43 bits per heavy atom. The molecule has 0 aliphatic rings. The van der Waals surface area contributed by atoms with Crippen molar-refractivity contribution in [3.63, 3.8) is 0 Å². The second-order valence-electron chi connectivity index (χ2n) is 6.02. The van der Waals surface area contributed by atoms with Crippen LogP contribution in [-0.4, -0.2) is 53.0 Å². The first-order valence-electron chi connectivity index (χ1n) is 7.04. The van der Waals surface area contributed by atoms with E-state index < -0.39 is 5.60 Å². The van der Waals surface area contributed by atoms with Gasteiger partial charge < -0.3 is 19.7 Å². The average Bonchev–Trinajstić information content (AvgIpc) is 2.95. The van der Waals surface area contributed by atoms with Crippen molar-refractivity contribution in [3.05, 3.63) is 29.7 Å². The summed E-state index contributed by atoms with van der Waals surface area (Å²) in [5.41, 5.74) is 1.13. The molecule has 2 rings (SSSR count). The van der Waals surface area contributed by atoms with Gasteiger partial charge in [0.2, 0.25) is 0 Å². The summed E-state index contributed by atoms with van der Waals surface area (Å²) in [6, 6.07) is 3.85. The van der Waals surface area contributed by atoms with E-state index in [4.69, 9.17) is 4.42 Å². The van der Waals surface area contributed by atoms with Gasteiger partial charge in [-0.25, -0.2) is 0 Å². The van der Waals surface area contributed by atoms with Crippen molar-refractivity contribution in [1.29, 1.82) is 0 Å². The number of aromatic amines is 1. The number of rotatable bonds is 7. The van der Waals surface area contributed by atoms with Gasteiger partial charge in [0.25, 0.3) is 0 Å². The smallest absolute Gasteiger partial charge is 0.152 e. The topological polar surface area (TPSA) is 77.3 Å². The van der Waals surface area contributed by atoms with E-state index >= 15 is 0 Å². The first-order valence-corrected chi connectivity index (χ1v) is 7.04. The van der Waals surface area contributed by atoms with Crippen LogP contribution < -0.4 is 5.32 Å². The molecule has 6 nitrogen and oxygen atoms in total. The van der Waals surface area contributed by atoms with Crippen molar-refractivity contribution >= 4 is 0 Å². The molecule has 0 amide bonds. The molecule has 0 saturated carbocycles. The molecule has 2 heterocycles. The third kappa shape index (κ3) is 4.42. The predicted molar refractivity (Wildman–Crippen MR) is 81.9 cm³/mol. The molecule has 6 heteroatoms. The third-order valence-corrected chi connectivity index (χ3v) is 3.18. The second-order valence-corrected chi connectivity index (χ2v) is 6.02. The van der Waals surface area contributed by atoms with Crippen LogP contribution in [0.2, 0.25) is 0 Å². The lowest BCUT2D eigenvalue weighted by molar-refractivity contribution is 0.0336. The summed E-state index contributed by atoms with van der Waals surface area (Å²) >= 11 is 0. The first kappa shape index (κ1) is 15.8. The van der Waals surface area contributed by atoms with Gasteiger partial charge in [-0.05, 0) is 40.1 Å². The lowest BCUT2D eigenvalue weighted by Gasteiger charge is -2.27. The number of aromatic nitrogens is 2. The highest BCUT2D eigenvalue weighted by atomic mass is 16.3. The fraction of sp³-hybridized carbons (Fsp3) is 0.533. The lowest BCUT2D eigenvalue weighted by atomic mass is 10.1. The van der Waals surface area contributed by atoms with Crippen molar-refractivity contribution in [2.75, 3.05) is 27.2 Å². The average molecular weight is 292 g/mol. The van der Waals surface area contributed by atoms with Crippen molar-refractivity contribution in [1.82, 2.24) is 20.4 Å². The molecule has 1 atom stereocenters. The molecule has 0 bridgehead atoms. The van der Waals surface area contributed by atoms with Crippen LogP contribution in [-0.2, 0) is 6.54 Å². The Kier molecular flexibility index (Phi) is 4.82. The summed E-state index contributed by atoms with van der Waals surface area (Å²) in [5, 5.41) is 20.6. The number of furan rings is 1. The Bertz CT molecular complexity index is 572.